The number of hydrogen-bond acceptors (Lipinski definition) is 2. The Hall–Kier alpha value is -5.18. The molecule has 0 fully saturated rings. The van der Waals surface area contributed by atoms with Gasteiger partial charge in [0.15, 0.2) is 0 Å². The quantitative estimate of drug-likeness (QED) is 0.156. The van der Waals surface area contributed by atoms with E-state index in [-0.39, 0.29) is 6.04 Å². The molecule has 2 nitrogen and oxygen atoms in total. The lowest BCUT2D eigenvalue weighted by atomic mass is 9.92. The van der Waals surface area contributed by atoms with Crippen LogP contribution in [0, 0.1) is 0 Å². The highest BCUT2D eigenvalue weighted by molar-refractivity contribution is 6.14. The van der Waals surface area contributed by atoms with Gasteiger partial charge in [-0.05, 0) is 78.3 Å². The Morgan fingerprint density at radius 3 is 2.02 bits per heavy atom. The van der Waals surface area contributed by atoms with Crippen LogP contribution in [0.15, 0.2) is 158 Å². The summed E-state index contributed by atoms with van der Waals surface area (Å²) in [5.41, 5.74) is 13.7. The van der Waals surface area contributed by atoms with Crippen molar-refractivity contribution in [3.8, 4) is 11.1 Å². The first-order valence-corrected chi connectivity index (χ1v) is 14.5. The van der Waals surface area contributed by atoms with E-state index in [1.807, 2.05) is 18.2 Å². The molecule has 1 unspecified atom stereocenters. The van der Waals surface area contributed by atoms with Crippen molar-refractivity contribution in [3.63, 3.8) is 0 Å². The molecule has 0 spiro atoms. The number of nitrogens with one attached hydrogen (secondary N) is 1. The van der Waals surface area contributed by atoms with Gasteiger partial charge in [-0.3, -0.25) is 0 Å². The highest BCUT2D eigenvalue weighted by Crippen LogP contribution is 2.34. The van der Waals surface area contributed by atoms with E-state index in [9.17, 15) is 0 Å². The van der Waals surface area contributed by atoms with Crippen LogP contribution in [0.3, 0.4) is 0 Å². The number of rotatable bonds is 7. The van der Waals surface area contributed by atoms with Gasteiger partial charge in [0.1, 0.15) is 0 Å². The molecule has 0 aromatic heterocycles. The number of benzene rings is 7. The van der Waals surface area contributed by atoms with E-state index in [4.69, 9.17) is 5.73 Å². The van der Waals surface area contributed by atoms with E-state index in [2.05, 4.69) is 145 Å². The minimum absolute atomic E-state index is 0.251. The number of fused-ring (bicyclic) bond motifs is 4. The van der Waals surface area contributed by atoms with Crippen LogP contribution in [0.1, 0.15) is 22.7 Å². The zero-order valence-electron chi connectivity index (χ0n) is 23.4. The molecule has 0 amide bonds. The van der Waals surface area contributed by atoms with Gasteiger partial charge in [0, 0.05) is 12.2 Å². The maximum atomic E-state index is 6.79. The zero-order chi connectivity index (χ0) is 28.3. The van der Waals surface area contributed by atoms with Gasteiger partial charge in [-0.15, -0.1) is 0 Å². The summed E-state index contributed by atoms with van der Waals surface area (Å²) in [5.74, 6) is 0. The van der Waals surface area contributed by atoms with Gasteiger partial charge in [-0.1, -0.05) is 140 Å². The standard InChI is InChI=1S/C40H32N2/c41-38(30-15-5-2-6-16-30)26-39(33-19-11-18-31(24-33)28-12-3-1-4-13-28)42-27-37-35-20-9-8-17-32(35)25-34-23-22-29-14-7-10-21-36(29)40(34)37/h1-26,38,42H,27,41H2/b39-26-. The van der Waals surface area contributed by atoms with E-state index < -0.39 is 0 Å². The highest BCUT2D eigenvalue weighted by Gasteiger charge is 2.14. The Bertz CT molecular complexity index is 2040. The second-order valence-corrected chi connectivity index (χ2v) is 10.8. The fourth-order valence-corrected chi connectivity index (χ4v) is 6.02. The minimum atomic E-state index is -0.251. The largest absolute Gasteiger partial charge is 0.381 e. The molecule has 42 heavy (non-hydrogen) atoms. The van der Waals surface area contributed by atoms with Gasteiger partial charge in [-0.25, -0.2) is 0 Å². The molecule has 0 aliphatic rings. The average Bonchev–Trinajstić information content (AvgIpc) is 3.06. The van der Waals surface area contributed by atoms with E-state index >= 15 is 0 Å². The van der Waals surface area contributed by atoms with Crippen molar-refractivity contribution in [1.29, 1.82) is 0 Å². The van der Waals surface area contributed by atoms with Gasteiger partial charge >= 0.3 is 0 Å². The molecule has 0 heterocycles. The first-order valence-electron chi connectivity index (χ1n) is 14.5. The maximum Gasteiger partial charge on any atom is 0.0504 e. The highest BCUT2D eigenvalue weighted by atomic mass is 14.9. The third kappa shape index (κ3) is 5.05. The Balaban J connectivity index is 1.36. The van der Waals surface area contributed by atoms with Gasteiger partial charge in [0.25, 0.3) is 0 Å². The SMILES string of the molecule is NC(/C=C(\NCc1c2ccccc2cc2ccc3ccccc3c12)c1cccc(-c2ccccc2)c1)c1ccccc1. The first-order chi connectivity index (χ1) is 20.7. The van der Waals surface area contributed by atoms with Crippen LogP contribution in [0.25, 0.3) is 49.1 Å². The van der Waals surface area contributed by atoms with Gasteiger partial charge < -0.3 is 11.1 Å². The second kappa shape index (κ2) is 11.4. The number of hydrogen-bond donors (Lipinski definition) is 2. The van der Waals surface area contributed by atoms with Gasteiger partial charge in [0.2, 0.25) is 0 Å². The number of nitrogens with two attached hydrogens (primary N) is 1. The summed E-state index contributed by atoms with van der Waals surface area (Å²) in [6.45, 7) is 0.661. The summed E-state index contributed by atoms with van der Waals surface area (Å²) in [6, 6.07) is 53.4. The molecule has 2 heteroatoms. The molecular formula is C40H32N2. The van der Waals surface area contributed by atoms with Crippen molar-refractivity contribution in [2.75, 3.05) is 0 Å². The fourth-order valence-electron chi connectivity index (χ4n) is 6.02. The summed E-state index contributed by atoms with van der Waals surface area (Å²) in [6.07, 6.45) is 2.16. The summed E-state index contributed by atoms with van der Waals surface area (Å²) in [5, 5.41) is 11.4. The molecule has 7 aromatic carbocycles. The third-order valence-electron chi connectivity index (χ3n) is 8.13. The predicted octanol–water partition coefficient (Wildman–Crippen LogP) is 9.64. The molecule has 202 valence electrons. The molecule has 0 bridgehead atoms. The van der Waals surface area contributed by atoms with Crippen LogP contribution in [0.5, 0.6) is 0 Å². The zero-order valence-corrected chi connectivity index (χ0v) is 23.4. The molecule has 0 saturated heterocycles. The lowest BCUT2D eigenvalue weighted by molar-refractivity contribution is 0.865. The molecule has 7 rings (SSSR count). The summed E-state index contributed by atoms with van der Waals surface area (Å²) in [4.78, 5) is 0. The summed E-state index contributed by atoms with van der Waals surface area (Å²) >= 11 is 0. The first kappa shape index (κ1) is 25.8. The molecule has 0 radical (unpaired) electrons. The van der Waals surface area contributed by atoms with Crippen molar-refractivity contribution < 1.29 is 0 Å². The maximum absolute atomic E-state index is 6.79. The van der Waals surface area contributed by atoms with Crippen molar-refractivity contribution in [3.05, 3.63) is 174 Å². The van der Waals surface area contributed by atoms with Crippen molar-refractivity contribution in [2.24, 2.45) is 5.73 Å². The normalized spacial score (nSPS) is 12.5. The van der Waals surface area contributed by atoms with E-state index in [1.54, 1.807) is 0 Å². The Kier molecular flexibility index (Phi) is 6.97. The Labute approximate surface area is 246 Å². The van der Waals surface area contributed by atoms with Crippen molar-refractivity contribution >= 4 is 38.0 Å². The molecule has 3 N–H and O–H groups in total. The molecule has 0 saturated carbocycles. The minimum Gasteiger partial charge on any atom is -0.381 e. The van der Waals surface area contributed by atoms with Crippen LogP contribution in [-0.2, 0) is 6.54 Å². The van der Waals surface area contributed by atoms with Crippen molar-refractivity contribution in [1.82, 2.24) is 5.32 Å². The van der Waals surface area contributed by atoms with Crippen LogP contribution in [-0.4, -0.2) is 0 Å². The molecular weight excluding hydrogens is 508 g/mol. The van der Waals surface area contributed by atoms with Crippen LogP contribution < -0.4 is 11.1 Å². The smallest absolute Gasteiger partial charge is 0.0504 e. The Morgan fingerprint density at radius 1 is 0.571 bits per heavy atom. The second-order valence-electron chi connectivity index (χ2n) is 10.8. The molecule has 0 aliphatic carbocycles. The third-order valence-corrected chi connectivity index (χ3v) is 8.13. The van der Waals surface area contributed by atoms with E-state index in [0.717, 1.165) is 16.8 Å². The lowest BCUT2D eigenvalue weighted by Crippen LogP contribution is -2.16. The van der Waals surface area contributed by atoms with Crippen LogP contribution in [0.2, 0.25) is 0 Å². The van der Waals surface area contributed by atoms with Gasteiger partial charge in [0.05, 0.1) is 6.04 Å². The lowest BCUT2D eigenvalue weighted by Gasteiger charge is -2.19. The molecule has 7 aromatic rings. The fraction of sp³-hybridized carbons (Fsp3) is 0.0500. The van der Waals surface area contributed by atoms with Crippen LogP contribution in [0.4, 0.5) is 0 Å². The van der Waals surface area contributed by atoms with Gasteiger partial charge in [-0.2, -0.15) is 0 Å². The van der Waals surface area contributed by atoms with Crippen LogP contribution >= 0.6 is 0 Å². The van der Waals surface area contributed by atoms with E-state index in [1.165, 1.54) is 49.0 Å². The molecule has 0 aliphatic heterocycles. The molecule has 1 atom stereocenters. The van der Waals surface area contributed by atoms with E-state index in [0.29, 0.717) is 6.54 Å². The predicted molar refractivity (Wildman–Crippen MR) is 179 cm³/mol. The summed E-state index contributed by atoms with van der Waals surface area (Å²) in [7, 11) is 0. The summed E-state index contributed by atoms with van der Waals surface area (Å²) < 4.78 is 0. The topological polar surface area (TPSA) is 38.0 Å². The monoisotopic (exact) mass is 540 g/mol. The average molecular weight is 541 g/mol. The Morgan fingerprint density at radius 2 is 1.21 bits per heavy atom. The van der Waals surface area contributed by atoms with Crippen molar-refractivity contribution in [2.45, 2.75) is 12.6 Å².